The van der Waals surface area contributed by atoms with Gasteiger partial charge in [-0.05, 0) is 37.0 Å². The lowest BCUT2D eigenvalue weighted by Crippen LogP contribution is -2.08. The van der Waals surface area contributed by atoms with E-state index in [1.54, 1.807) is 12.1 Å². The zero-order valence-corrected chi connectivity index (χ0v) is 13.8. The van der Waals surface area contributed by atoms with Gasteiger partial charge in [-0.25, -0.2) is 0 Å². The number of benzene rings is 1. The van der Waals surface area contributed by atoms with Gasteiger partial charge in [-0.15, -0.1) is 0 Å². The Hall–Kier alpha value is -0.810. The molecule has 0 aromatic heterocycles. The number of phenols is 1. The predicted octanol–water partition coefficient (Wildman–Crippen LogP) is 4.19. The Morgan fingerprint density at radius 2 is 2.10 bits per heavy atom. The Balaban J connectivity index is 1.50. The van der Waals surface area contributed by atoms with Crippen molar-refractivity contribution in [3.05, 3.63) is 29.8 Å². The smallest absolute Gasteiger partial charge is 0.305 e. The molecule has 1 saturated heterocycles. The maximum absolute atomic E-state index is 11.6. The van der Waals surface area contributed by atoms with Crippen molar-refractivity contribution in [3.63, 3.8) is 0 Å². The Morgan fingerprint density at radius 1 is 1.29 bits per heavy atom. The van der Waals surface area contributed by atoms with Gasteiger partial charge in [0.1, 0.15) is 5.75 Å². The Bertz CT molecular complexity index is 428. The van der Waals surface area contributed by atoms with Gasteiger partial charge in [0, 0.05) is 23.8 Å². The van der Waals surface area contributed by atoms with Crippen molar-refractivity contribution in [3.8, 4) is 5.75 Å². The first kappa shape index (κ1) is 16.6. The first-order valence-electron chi connectivity index (χ1n) is 7.46. The van der Waals surface area contributed by atoms with Crippen LogP contribution in [0.4, 0.5) is 0 Å². The number of esters is 1. The van der Waals surface area contributed by atoms with Crippen LogP contribution in [0.15, 0.2) is 24.3 Å². The second-order valence-electron chi connectivity index (χ2n) is 5.21. The first-order chi connectivity index (χ1) is 10.2. The van der Waals surface area contributed by atoms with E-state index in [9.17, 15) is 9.90 Å². The minimum Gasteiger partial charge on any atom is -0.508 e. The zero-order valence-electron chi connectivity index (χ0n) is 12.1. The number of hydrogen-bond donors (Lipinski definition) is 1. The molecule has 5 heteroatoms. The number of carbonyl (C=O) groups excluding carboxylic acids is 1. The topological polar surface area (TPSA) is 46.5 Å². The molecule has 3 nitrogen and oxygen atoms in total. The maximum Gasteiger partial charge on any atom is 0.305 e. The van der Waals surface area contributed by atoms with Gasteiger partial charge in [0.05, 0.1) is 6.61 Å². The fourth-order valence-electron chi connectivity index (χ4n) is 2.22. The Morgan fingerprint density at radius 3 is 2.81 bits per heavy atom. The van der Waals surface area contributed by atoms with Gasteiger partial charge in [0.15, 0.2) is 0 Å². The molecule has 1 N–H and O–H groups in total. The van der Waals surface area contributed by atoms with Crippen LogP contribution in [0.5, 0.6) is 5.75 Å². The molecule has 1 aromatic carbocycles. The SMILES string of the molecule is O=C(CCCCC1CCSS1)OCCc1ccc(O)cc1. The highest BCUT2D eigenvalue weighted by Gasteiger charge is 2.15. The summed E-state index contributed by atoms with van der Waals surface area (Å²) >= 11 is 0. The normalized spacial score (nSPS) is 17.8. The Kier molecular flexibility index (Phi) is 7.30. The molecule has 1 aliphatic heterocycles. The number of rotatable bonds is 8. The van der Waals surface area contributed by atoms with Crippen molar-refractivity contribution in [1.29, 1.82) is 0 Å². The molecule has 0 amide bonds. The lowest BCUT2D eigenvalue weighted by Gasteiger charge is -2.07. The molecule has 0 spiro atoms. The zero-order chi connectivity index (χ0) is 14.9. The highest BCUT2D eigenvalue weighted by molar-refractivity contribution is 8.77. The highest BCUT2D eigenvalue weighted by atomic mass is 33.1. The minimum atomic E-state index is -0.0952. The van der Waals surface area contributed by atoms with Gasteiger partial charge in [0.2, 0.25) is 0 Å². The van der Waals surface area contributed by atoms with Crippen molar-refractivity contribution in [1.82, 2.24) is 0 Å². The lowest BCUT2D eigenvalue weighted by molar-refractivity contribution is -0.143. The van der Waals surface area contributed by atoms with E-state index in [-0.39, 0.29) is 11.7 Å². The molecule has 1 aliphatic rings. The fraction of sp³-hybridized carbons (Fsp3) is 0.562. The van der Waals surface area contributed by atoms with Gasteiger partial charge in [-0.1, -0.05) is 40.1 Å². The molecule has 0 saturated carbocycles. The van der Waals surface area contributed by atoms with Crippen LogP contribution in [-0.4, -0.2) is 28.7 Å². The van der Waals surface area contributed by atoms with Crippen LogP contribution < -0.4 is 0 Å². The van der Waals surface area contributed by atoms with Crippen LogP contribution in [0.25, 0.3) is 0 Å². The molecular formula is C16H22O3S2. The van der Waals surface area contributed by atoms with E-state index in [0.717, 1.165) is 23.7 Å². The van der Waals surface area contributed by atoms with Crippen LogP contribution in [0, 0.1) is 0 Å². The second-order valence-corrected chi connectivity index (χ2v) is 8.00. The number of carbonyl (C=O) groups is 1. The van der Waals surface area contributed by atoms with Crippen molar-refractivity contribution >= 4 is 27.6 Å². The van der Waals surface area contributed by atoms with Gasteiger partial charge < -0.3 is 9.84 Å². The quantitative estimate of drug-likeness (QED) is 0.441. The van der Waals surface area contributed by atoms with Crippen molar-refractivity contribution in [2.75, 3.05) is 12.4 Å². The molecular weight excluding hydrogens is 304 g/mol. The molecule has 1 aromatic rings. The predicted molar refractivity (Wildman–Crippen MR) is 89.7 cm³/mol. The summed E-state index contributed by atoms with van der Waals surface area (Å²) in [5.41, 5.74) is 1.07. The van der Waals surface area contributed by atoms with Gasteiger partial charge in [-0.3, -0.25) is 4.79 Å². The number of phenolic OH excluding ortho intramolecular Hbond substituents is 1. The number of ether oxygens (including phenoxy) is 1. The Labute approximate surface area is 134 Å². The lowest BCUT2D eigenvalue weighted by atomic mass is 10.1. The third kappa shape index (κ3) is 6.66. The number of aromatic hydroxyl groups is 1. The first-order valence-corrected chi connectivity index (χ1v) is 9.84. The summed E-state index contributed by atoms with van der Waals surface area (Å²) in [6.45, 7) is 0.415. The van der Waals surface area contributed by atoms with Gasteiger partial charge >= 0.3 is 5.97 Å². The largest absolute Gasteiger partial charge is 0.508 e. The van der Waals surface area contributed by atoms with E-state index in [0.29, 0.717) is 19.4 Å². The van der Waals surface area contributed by atoms with Crippen molar-refractivity contribution in [2.45, 2.75) is 43.8 Å². The fourth-order valence-corrected chi connectivity index (χ4v) is 5.25. The van der Waals surface area contributed by atoms with Crippen LogP contribution in [-0.2, 0) is 16.0 Å². The van der Waals surface area contributed by atoms with Crippen molar-refractivity contribution < 1.29 is 14.6 Å². The average Bonchev–Trinajstić information content (AvgIpc) is 2.99. The molecule has 1 heterocycles. The average molecular weight is 326 g/mol. The highest BCUT2D eigenvalue weighted by Crippen LogP contribution is 2.39. The summed E-state index contributed by atoms with van der Waals surface area (Å²) in [6, 6.07) is 6.99. The number of hydrogen-bond acceptors (Lipinski definition) is 5. The summed E-state index contributed by atoms with van der Waals surface area (Å²) in [7, 11) is 3.96. The van der Waals surface area contributed by atoms with E-state index in [2.05, 4.69) is 0 Å². The second kappa shape index (κ2) is 9.26. The molecule has 1 fully saturated rings. The summed E-state index contributed by atoms with van der Waals surface area (Å²) in [5, 5.41) is 9.97. The molecule has 0 bridgehead atoms. The molecule has 116 valence electrons. The molecule has 1 atom stereocenters. The van der Waals surface area contributed by atoms with Crippen LogP contribution in [0.3, 0.4) is 0 Å². The van der Waals surface area contributed by atoms with E-state index >= 15 is 0 Å². The van der Waals surface area contributed by atoms with Crippen LogP contribution >= 0.6 is 21.6 Å². The molecule has 0 radical (unpaired) electrons. The van der Waals surface area contributed by atoms with Crippen LogP contribution in [0.2, 0.25) is 0 Å². The van der Waals surface area contributed by atoms with Gasteiger partial charge in [0.25, 0.3) is 0 Å². The monoisotopic (exact) mass is 326 g/mol. The summed E-state index contributed by atoms with van der Waals surface area (Å²) < 4.78 is 5.24. The van der Waals surface area contributed by atoms with Gasteiger partial charge in [-0.2, -0.15) is 0 Å². The van der Waals surface area contributed by atoms with E-state index in [4.69, 9.17) is 4.74 Å². The van der Waals surface area contributed by atoms with E-state index in [1.807, 2.05) is 33.7 Å². The summed E-state index contributed by atoms with van der Waals surface area (Å²) in [4.78, 5) is 11.6. The minimum absolute atomic E-state index is 0.0952. The molecule has 0 aliphatic carbocycles. The molecule has 1 unspecified atom stereocenters. The van der Waals surface area contributed by atoms with Crippen molar-refractivity contribution in [2.24, 2.45) is 0 Å². The third-order valence-electron chi connectivity index (χ3n) is 3.47. The summed E-state index contributed by atoms with van der Waals surface area (Å²) in [5.74, 6) is 1.44. The third-order valence-corrected chi connectivity index (χ3v) is 6.48. The standard InChI is InChI=1S/C16H22O3S2/c17-14-7-5-13(6-8-14)9-11-19-16(18)4-2-1-3-15-10-12-20-21-15/h5-8,15,17H,1-4,9-12H2. The number of unbranched alkanes of at least 4 members (excludes halogenated alkanes) is 1. The van der Waals surface area contributed by atoms with E-state index < -0.39 is 0 Å². The molecule has 21 heavy (non-hydrogen) atoms. The summed E-state index contributed by atoms with van der Waals surface area (Å²) in [6.07, 6.45) is 5.80. The van der Waals surface area contributed by atoms with Crippen LogP contribution in [0.1, 0.15) is 37.7 Å². The molecule has 2 rings (SSSR count). The van der Waals surface area contributed by atoms with E-state index in [1.165, 1.54) is 18.6 Å². The maximum atomic E-state index is 11.6.